The number of nitrogens with two attached hydrogens (primary N) is 1. The molecule has 2 heterocycles. The van der Waals surface area contributed by atoms with Crippen LogP contribution in [-0.2, 0) is 4.79 Å². The molecule has 0 saturated carbocycles. The first-order chi connectivity index (χ1) is 11.1. The van der Waals surface area contributed by atoms with Crippen LogP contribution in [-0.4, -0.2) is 44.5 Å². The van der Waals surface area contributed by atoms with Crippen molar-refractivity contribution < 1.29 is 9.18 Å². The number of halogens is 1. The molecule has 0 spiro atoms. The normalized spacial score (nSPS) is 14.9. The number of rotatable bonds is 4. The van der Waals surface area contributed by atoms with Crippen LogP contribution in [0.5, 0.6) is 0 Å². The Labute approximate surface area is 137 Å². The molecule has 0 aliphatic carbocycles. The number of carbonyl (C=O) groups is 1. The zero-order valence-electron chi connectivity index (χ0n) is 12.6. The van der Waals surface area contributed by atoms with Crippen LogP contribution >= 0.6 is 11.8 Å². The van der Waals surface area contributed by atoms with Crippen LogP contribution in [0, 0.1) is 5.82 Å². The van der Waals surface area contributed by atoms with E-state index in [1.165, 1.54) is 35.0 Å². The van der Waals surface area contributed by atoms with E-state index in [-0.39, 0.29) is 11.7 Å². The second-order valence-electron chi connectivity index (χ2n) is 5.41. The number of amides is 1. The maximum Gasteiger partial charge on any atom is 0.233 e. The van der Waals surface area contributed by atoms with Crippen LogP contribution in [0.15, 0.2) is 29.4 Å². The molecule has 2 aromatic rings. The van der Waals surface area contributed by atoms with Crippen LogP contribution < -0.4 is 5.84 Å². The predicted octanol–water partition coefficient (Wildman–Crippen LogP) is 1.90. The summed E-state index contributed by atoms with van der Waals surface area (Å²) in [6.07, 6.45) is 3.32. The minimum atomic E-state index is -0.321. The topological polar surface area (TPSA) is 77.0 Å². The second-order valence-corrected chi connectivity index (χ2v) is 6.36. The molecule has 0 bridgehead atoms. The summed E-state index contributed by atoms with van der Waals surface area (Å²) < 4.78 is 14.3. The van der Waals surface area contributed by atoms with Crippen molar-refractivity contribution in [1.29, 1.82) is 0 Å². The Kier molecular flexibility index (Phi) is 4.80. The molecule has 1 aromatic carbocycles. The molecule has 0 radical (unpaired) electrons. The molecule has 1 aliphatic rings. The third kappa shape index (κ3) is 3.64. The van der Waals surface area contributed by atoms with Gasteiger partial charge in [-0.05, 0) is 43.5 Å². The minimum Gasteiger partial charge on any atom is -0.342 e. The number of hydrogen-bond donors (Lipinski definition) is 1. The van der Waals surface area contributed by atoms with E-state index in [4.69, 9.17) is 5.84 Å². The average molecular weight is 335 g/mol. The number of thioether (sulfide) groups is 1. The summed E-state index contributed by atoms with van der Waals surface area (Å²) in [5.41, 5.74) is 0.676. The van der Waals surface area contributed by atoms with Crippen LogP contribution in [0.4, 0.5) is 4.39 Å². The maximum atomic E-state index is 13.0. The van der Waals surface area contributed by atoms with Crippen molar-refractivity contribution in [2.24, 2.45) is 0 Å². The zero-order chi connectivity index (χ0) is 16.2. The molecule has 1 amide bonds. The summed E-state index contributed by atoms with van der Waals surface area (Å²) >= 11 is 1.27. The Balaban J connectivity index is 1.65. The van der Waals surface area contributed by atoms with Gasteiger partial charge in [0.25, 0.3) is 0 Å². The highest BCUT2D eigenvalue weighted by atomic mass is 32.2. The van der Waals surface area contributed by atoms with E-state index < -0.39 is 0 Å². The van der Waals surface area contributed by atoms with E-state index >= 15 is 0 Å². The molecular weight excluding hydrogens is 317 g/mol. The molecule has 2 N–H and O–H groups in total. The molecule has 8 heteroatoms. The Morgan fingerprint density at radius 1 is 1.17 bits per heavy atom. The SMILES string of the molecule is Nn1c(SCC(=O)N2CCCCC2)nnc1-c1ccc(F)cc1. The molecule has 3 rings (SSSR count). The van der Waals surface area contributed by atoms with Gasteiger partial charge < -0.3 is 10.7 Å². The van der Waals surface area contributed by atoms with E-state index in [0.717, 1.165) is 25.9 Å². The highest BCUT2D eigenvalue weighted by Gasteiger charge is 2.19. The van der Waals surface area contributed by atoms with Crippen LogP contribution in [0.1, 0.15) is 19.3 Å². The number of piperidine rings is 1. The summed E-state index contributed by atoms with van der Waals surface area (Å²) in [7, 11) is 0. The minimum absolute atomic E-state index is 0.0982. The van der Waals surface area contributed by atoms with Crippen LogP contribution in [0.3, 0.4) is 0 Å². The summed E-state index contributed by atoms with van der Waals surface area (Å²) in [5, 5.41) is 8.51. The van der Waals surface area contributed by atoms with Crippen molar-refractivity contribution >= 4 is 17.7 Å². The largest absolute Gasteiger partial charge is 0.342 e. The van der Waals surface area contributed by atoms with Crippen LogP contribution in [0.25, 0.3) is 11.4 Å². The van der Waals surface area contributed by atoms with Crippen LogP contribution in [0.2, 0.25) is 0 Å². The van der Waals surface area contributed by atoms with Crippen molar-refractivity contribution in [1.82, 2.24) is 19.8 Å². The lowest BCUT2D eigenvalue weighted by Crippen LogP contribution is -2.36. The lowest BCUT2D eigenvalue weighted by atomic mass is 10.1. The molecule has 122 valence electrons. The predicted molar refractivity (Wildman–Crippen MR) is 86.7 cm³/mol. The maximum absolute atomic E-state index is 13.0. The van der Waals surface area contributed by atoms with Gasteiger partial charge in [-0.15, -0.1) is 10.2 Å². The smallest absolute Gasteiger partial charge is 0.233 e. The monoisotopic (exact) mass is 335 g/mol. The van der Waals surface area contributed by atoms with Crippen molar-refractivity contribution in [2.75, 3.05) is 24.7 Å². The Hall–Kier alpha value is -2.09. The molecule has 0 unspecified atom stereocenters. The van der Waals surface area contributed by atoms with Gasteiger partial charge in [0.1, 0.15) is 5.82 Å². The van der Waals surface area contributed by atoms with E-state index in [1.807, 2.05) is 4.90 Å². The molecule has 6 nitrogen and oxygen atoms in total. The molecule has 0 atom stereocenters. The lowest BCUT2D eigenvalue weighted by Gasteiger charge is -2.26. The molecule has 1 saturated heterocycles. The van der Waals surface area contributed by atoms with Gasteiger partial charge in [0.2, 0.25) is 11.1 Å². The third-order valence-electron chi connectivity index (χ3n) is 3.80. The number of likely N-dealkylation sites (tertiary alicyclic amines) is 1. The van der Waals surface area contributed by atoms with E-state index in [0.29, 0.717) is 22.3 Å². The van der Waals surface area contributed by atoms with Gasteiger partial charge in [0.05, 0.1) is 5.75 Å². The summed E-state index contributed by atoms with van der Waals surface area (Å²) in [4.78, 5) is 14.0. The Morgan fingerprint density at radius 2 is 1.87 bits per heavy atom. The Morgan fingerprint density at radius 3 is 2.57 bits per heavy atom. The fourth-order valence-electron chi connectivity index (χ4n) is 2.53. The average Bonchev–Trinajstić information content (AvgIpc) is 2.95. The van der Waals surface area contributed by atoms with Crippen molar-refractivity contribution in [2.45, 2.75) is 24.4 Å². The number of benzene rings is 1. The molecule has 1 aliphatic heterocycles. The quantitative estimate of drug-likeness (QED) is 0.682. The first-order valence-corrected chi connectivity index (χ1v) is 8.51. The standard InChI is InChI=1S/C15H18FN5OS/c16-12-6-4-11(5-7-12)14-18-19-15(21(14)17)23-10-13(22)20-8-2-1-3-9-20/h4-7H,1-3,8-10,17H2. The highest BCUT2D eigenvalue weighted by Crippen LogP contribution is 2.22. The number of nitrogen functional groups attached to an aromatic ring is 1. The fraction of sp³-hybridized carbons (Fsp3) is 0.400. The van der Waals surface area contributed by atoms with E-state index in [2.05, 4.69) is 10.2 Å². The number of aromatic nitrogens is 3. The summed E-state index contributed by atoms with van der Waals surface area (Å²) in [6, 6.07) is 5.87. The van der Waals surface area contributed by atoms with Gasteiger partial charge in [-0.25, -0.2) is 9.07 Å². The van der Waals surface area contributed by atoms with Crippen molar-refractivity contribution in [3.8, 4) is 11.4 Å². The molecule has 1 fully saturated rings. The third-order valence-corrected chi connectivity index (χ3v) is 4.73. The van der Waals surface area contributed by atoms with Gasteiger partial charge in [-0.3, -0.25) is 4.79 Å². The second kappa shape index (κ2) is 6.99. The van der Waals surface area contributed by atoms with Gasteiger partial charge in [-0.1, -0.05) is 11.8 Å². The van der Waals surface area contributed by atoms with E-state index in [1.54, 1.807) is 12.1 Å². The van der Waals surface area contributed by atoms with Gasteiger partial charge in [0, 0.05) is 18.7 Å². The first kappa shape index (κ1) is 15.8. The first-order valence-electron chi connectivity index (χ1n) is 7.52. The van der Waals surface area contributed by atoms with Crippen molar-refractivity contribution in [3.63, 3.8) is 0 Å². The van der Waals surface area contributed by atoms with E-state index in [9.17, 15) is 9.18 Å². The number of nitrogens with zero attached hydrogens (tertiary/aromatic N) is 4. The molecule has 1 aromatic heterocycles. The number of carbonyl (C=O) groups excluding carboxylic acids is 1. The fourth-order valence-corrected chi connectivity index (χ4v) is 3.29. The zero-order valence-corrected chi connectivity index (χ0v) is 13.4. The lowest BCUT2D eigenvalue weighted by molar-refractivity contribution is -0.129. The van der Waals surface area contributed by atoms with Gasteiger partial charge >= 0.3 is 0 Å². The number of hydrogen-bond acceptors (Lipinski definition) is 5. The molecular formula is C15H18FN5OS. The van der Waals surface area contributed by atoms with Gasteiger partial charge in [0.15, 0.2) is 5.82 Å². The summed E-state index contributed by atoms with van der Waals surface area (Å²) in [5.74, 6) is 6.50. The Bertz CT molecular complexity index is 682. The summed E-state index contributed by atoms with van der Waals surface area (Å²) in [6.45, 7) is 1.66. The molecule has 23 heavy (non-hydrogen) atoms. The van der Waals surface area contributed by atoms with Gasteiger partial charge in [-0.2, -0.15) is 0 Å². The van der Waals surface area contributed by atoms with Crippen molar-refractivity contribution in [3.05, 3.63) is 30.1 Å². The highest BCUT2D eigenvalue weighted by molar-refractivity contribution is 7.99.